The van der Waals surface area contributed by atoms with Gasteiger partial charge in [0.15, 0.2) is 0 Å². The molecule has 6 nitrogen and oxygen atoms in total. The van der Waals surface area contributed by atoms with Crippen LogP contribution in [0.25, 0.3) is 0 Å². The fourth-order valence-electron chi connectivity index (χ4n) is 2.93. The summed E-state index contributed by atoms with van der Waals surface area (Å²) in [5.74, 6) is 0.997. The van der Waals surface area contributed by atoms with Gasteiger partial charge in [0.2, 0.25) is 17.7 Å². The van der Waals surface area contributed by atoms with E-state index >= 15 is 0 Å². The molecule has 1 aliphatic heterocycles. The van der Waals surface area contributed by atoms with Crippen molar-refractivity contribution in [2.45, 2.75) is 33.2 Å². The molecule has 23 heavy (non-hydrogen) atoms. The van der Waals surface area contributed by atoms with Crippen molar-refractivity contribution in [3.05, 3.63) is 46.7 Å². The maximum atomic E-state index is 12.8. The summed E-state index contributed by atoms with van der Waals surface area (Å²) in [6.07, 6.45) is 0.377. The Labute approximate surface area is 135 Å². The first kappa shape index (κ1) is 15.7. The van der Waals surface area contributed by atoms with E-state index in [1.807, 2.05) is 32.0 Å². The molecule has 2 heterocycles. The van der Waals surface area contributed by atoms with Gasteiger partial charge in [0.1, 0.15) is 6.04 Å². The molecule has 1 aromatic heterocycles. The molecule has 1 fully saturated rings. The SMILES string of the molecule is Cc1nnc(C2COCCN2C(=O)Cc2c(C)cccc2C)o1. The van der Waals surface area contributed by atoms with Gasteiger partial charge in [0.25, 0.3) is 0 Å². The molecule has 0 aliphatic carbocycles. The van der Waals surface area contributed by atoms with Crippen molar-refractivity contribution in [1.82, 2.24) is 15.1 Å². The molecule has 3 rings (SSSR count). The van der Waals surface area contributed by atoms with E-state index in [-0.39, 0.29) is 11.9 Å². The standard InChI is InChI=1S/C17H21N3O3/c1-11-5-4-6-12(2)14(11)9-16(21)20-7-8-22-10-15(20)17-19-18-13(3)23-17/h4-6,15H,7-10H2,1-3H3. The lowest BCUT2D eigenvalue weighted by Gasteiger charge is -2.33. The zero-order valence-electron chi connectivity index (χ0n) is 13.7. The summed E-state index contributed by atoms with van der Waals surface area (Å²) >= 11 is 0. The highest BCUT2D eigenvalue weighted by molar-refractivity contribution is 5.80. The summed E-state index contributed by atoms with van der Waals surface area (Å²) in [6.45, 7) is 7.27. The number of carbonyl (C=O) groups is 1. The van der Waals surface area contributed by atoms with Gasteiger partial charge in [-0.3, -0.25) is 4.79 Å². The predicted octanol–water partition coefficient (Wildman–Crippen LogP) is 2.14. The zero-order chi connectivity index (χ0) is 16.4. The number of nitrogens with zero attached hydrogens (tertiary/aromatic N) is 3. The number of aryl methyl sites for hydroxylation is 3. The lowest BCUT2D eigenvalue weighted by molar-refractivity contribution is -0.140. The number of hydrogen-bond acceptors (Lipinski definition) is 5. The van der Waals surface area contributed by atoms with Crippen LogP contribution < -0.4 is 0 Å². The largest absolute Gasteiger partial charge is 0.423 e. The Kier molecular flexibility index (Phi) is 4.43. The number of benzene rings is 1. The highest BCUT2D eigenvalue weighted by Crippen LogP contribution is 2.25. The zero-order valence-corrected chi connectivity index (χ0v) is 13.7. The molecule has 0 radical (unpaired) electrons. The highest BCUT2D eigenvalue weighted by Gasteiger charge is 2.32. The number of aromatic nitrogens is 2. The van der Waals surface area contributed by atoms with Gasteiger partial charge in [-0.2, -0.15) is 0 Å². The first-order valence-corrected chi connectivity index (χ1v) is 7.78. The Morgan fingerprint density at radius 3 is 2.65 bits per heavy atom. The second-order valence-electron chi connectivity index (χ2n) is 5.88. The number of hydrogen-bond donors (Lipinski definition) is 0. The van der Waals surface area contributed by atoms with Crippen LogP contribution in [0, 0.1) is 20.8 Å². The average molecular weight is 315 g/mol. The number of amides is 1. The summed E-state index contributed by atoms with van der Waals surface area (Å²) in [5, 5.41) is 7.91. The summed E-state index contributed by atoms with van der Waals surface area (Å²) in [6, 6.07) is 5.78. The van der Waals surface area contributed by atoms with E-state index in [4.69, 9.17) is 9.15 Å². The van der Waals surface area contributed by atoms with Crippen molar-refractivity contribution in [3.63, 3.8) is 0 Å². The van der Waals surface area contributed by atoms with Crippen LogP contribution in [0.4, 0.5) is 0 Å². The molecule has 1 saturated heterocycles. The second kappa shape index (κ2) is 6.50. The summed E-state index contributed by atoms with van der Waals surface area (Å²) in [7, 11) is 0. The molecule has 1 aromatic carbocycles. The third-order valence-electron chi connectivity index (χ3n) is 4.25. The third kappa shape index (κ3) is 3.27. The van der Waals surface area contributed by atoms with Gasteiger partial charge >= 0.3 is 0 Å². The normalized spacial score (nSPS) is 18.2. The van der Waals surface area contributed by atoms with Crippen LogP contribution in [0.3, 0.4) is 0 Å². The van der Waals surface area contributed by atoms with Crippen LogP contribution in [0.1, 0.15) is 34.5 Å². The van der Waals surface area contributed by atoms with Gasteiger partial charge in [0.05, 0.1) is 19.6 Å². The van der Waals surface area contributed by atoms with Crippen molar-refractivity contribution in [2.75, 3.05) is 19.8 Å². The second-order valence-corrected chi connectivity index (χ2v) is 5.88. The van der Waals surface area contributed by atoms with E-state index in [0.29, 0.717) is 38.0 Å². The molecular weight excluding hydrogens is 294 g/mol. The van der Waals surface area contributed by atoms with Crippen molar-refractivity contribution >= 4 is 5.91 Å². The molecule has 0 saturated carbocycles. The van der Waals surface area contributed by atoms with Crippen LogP contribution in [-0.4, -0.2) is 40.8 Å². The molecule has 122 valence electrons. The predicted molar refractivity (Wildman–Crippen MR) is 83.9 cm³/mol. The molecule has 0 bridgehead atoms. The molecule has 0 N–H and O–H groups in total. The van der Waals surface area contributed by atoms with Gasteiger partial charge < -0.3 is 14.1 Å². The molecular formula is C17H21N3O3. The topological polar surface area (TPSA) is 68.5 Å². The Balaban J connectivity index is 1.82. The van der Waals surface area contributed by atoms with Crippen LogP contribution in [0.5, 0.6) is 0 Å². The molecule has 1 unspecified atom stereocenters. The minimum absolute atomic E-state index is 0.0616. The summed E-state index contributed by atoms with van der Waals surface area (Å²) < 4.78 is 11.0. The van der Waals surface area contributed by atoms with E-state index in [0.717, 1.165) is 16.7 Å². The van der Waals surface area contributed by atoms with Crippen molar-refractivity contribution < 1.29 is 13.9 Å². The smallest absolute Gasteiger partial charge is 0.241 e. The van der Waals surface area contributed by atoms with E-state index in [2.05, 4.69) is 10.2 Å². The molecule has 1 amide bonds. The molecule has 1 aliphatic rings. The van der Waals surface area contributed by atoms with Gasteiger partial charge in [-0.15, -0.1) is 10.2 Å². The van der Waals surface area contributed by atoms with E-state index in [9.17, 15) is 4.79 Å². The summed E-state index contributed by atoms with van der Waals surface area (Å²) in [4.78, 5) is 14.6. The third-order valence-corrected chi connectivity index (χ3v) is 4.25. The lowest BCUT2D eigenvalue weighted by atomic mass is 9.99. The first-order valence-electron chi connectivity index (χ1n) is 7.78. The molecule has 1 atom stereocenters. The highest BCUT2D eigenvalue weighted by atomic mass is 16.5. The molecule has 0 spiro atoms. The van der Waals surface area contributed by atoms with Gasteiger partial charge in [0, 0.05) is 13.5 Å². The first-order chi connectivity index (χ1) is 11.1. The van der Waals surface area contributed by atoms with Crippen molar-refractivity contribution in [3.8, 4) is 0 Å². The Hall–Kier alpha value is -2.21. The minimum Gasteiger partial charge on any atom is -0.423 e. The summed E-state index contributed by atoms with van der Waals surface area (Å²) in [5.41, 5.74) is 3.36. The average Bonchev–Trinajstić information content (AvgIpc) is 2.97. The lowest BCUT2D eigenvalue weighted by Crippen LogP contribution is -2.44. The molecule has 6 heteroatoms. The van der Waals surface area contributed by atoms with E-state index in [1.54, 1.807) is 11.8 Å². The Morgan fingerprint density at radius 2 is 2.00 bits per heavy atom. The van der Waals surface area contributed by atoms with Gasteiger partial charge in [-0.1, -0.05) is 18.2 Å². The van der Waals surface area contributed by atoms with Crippen molar-refractivity contribution in [1.29, 1.82) is 0 Å². The Bertz CT molecular complexity index is 691. The fraction of sp³-hybridized carbons (Fsp3) is 0.471. The maximum Gasteiger partial charge on any atom is 0.241 e. The van der Waals surface area contributed by atoms with E-state index in [1.165, 1.54) is 0 Å². The van der Waals surface area contributed by atoms with Crippen LogP contribution in [0.15, 0.2) is 22.6 Å². The van der Waals surface area contributed by atoms with Crippen molar-refractivity contribution in [2.24, 2.45) is 0 Å². The molecule has 2 aromatic rings. The van der Waals surface area contributed by atoms with Crippen LogP contribution >= 0.6 is 0 Å². The fourth-order valence-corrected chi connectivity index (χ4v) is 2.93. The minimum atomic E-state index is -0.304. The Morgan fingerprint density at radius 1 is 1.26 bits per heavy atom. The van der Waals surface area contributed by atoms with Crippen LogP contribution in [0.2, 0.25) is 0 Å². The number of ether oxygens (including phenoxy) is 1. The monoisotopic (exact) mass is 315 g/mol. The van der Waals surface area contributed by atoms with Gasteiger partial charge in [-0.05, 0) is 30.5 Å². The maximum absolute atomic E-state index is 12.8. The number of rotatable bonds is 3. The van der Waals surface area contributed by atoms with Crippen LogP contribution in [-0.2, 0) is 16.0 Å². The number of carbonyl (C=O) groups excluding carboxylic acids is 1. The van der Waals surface area contributed by atoms with Gasteiger partial charge in [-0.25, -0.2) is 0 Å². The van der Waals surface area contributed by atoms with E-state index < -0.39 is 0 Å². The quantitative estimate of drug-likeness (QED) is 0.868. The number of morpholine rings is 1.